The number of ether oxygens (including phenoxy) is 1. The number of thiazole rings is 1. The Labute approximate surface area is 220 Å². The summed E-state index contributed by atoms with van der Waals surface area (Å²) in [5.74, 6) is 0.929. The Bertz CT molecular complexity index is 993. The van der Waals surface area contributed by atoms with Crippen LogP contribution in [-0.2, 0) is 4.79 Å². The van der Waals surface area contributed by atoms with E-state index in [0.29, 0.717) is 47.1 Å². The average Bonchev–Trinajstić information content (AvgIpc) is 3.27. The summed E-state index contributed by atoms with van der Waals surface area (Å²) in [6.45, 7) is 6.70. The lowest BCUT2D eigenvalue weighted by molar-refractivity contribution is -0.145. The minimum Gasteiger partial charge on any atom is -0.492 e. The molecule has 10 heteroatoms. The van der Waals surface area contributed by atoms with Gasteiger partial charge in [0.15, 0.2) is 5.13 Å². The van der Waals surface area contributed by atoms with Gasteiger partial charge in [-0.15, -0.1) is 11.8 Å². The van der Waals surface area contributed by atoms with Crippen molar-refractivity contribution < 1.29 is 19.4 Å². The summed E-state index contributed by atoms with van der Waals surface area (Å²) < 4.78 is 6.69. The number of halogens is 1. The van der Waals surface area contributed by atoms with Gasteiger partial charge in [0.25, 0.3) is 0 Å². The van der Waals surface area contributed by atoms with E-state index in [0.717, 1.165) is 29.9 Å². The Kier molecular flexibility index (Phi) is 10.1. The molecule has 192 valence electrons. The molecule has 1 saturated carbocycles. The Balaban J connectivity index is 1.57. The largest absolute Gasteiger partial charge is 0.492 e. The molecule has 1 aliphatic rings. The molecule has 2 N–H and O–H groups in total. The van der Waals surface area contributed by atoms with Gasteiger partial charge in [-0.05, 0) is 64.0 Å². The molecule has 2 aromatic rings. The highest BCUT2D eigenvalue weighted by atomic mass is 35.5. The average molecular weight is 540 g/mol. The normalized spacial score (nSPS) is 18.2. The van der Waals surface area contributed by atoms with Gasteiger partial charge in [0.1, 0.15) is 5.75 Å². The van der Waals surface area contributed by atoms with E-state index in [1.54, 1.807) is 26.1 Å². The number of carbonyl (C=O) groups excluding carboxylic acids is 1. The second-order valence-electron chi connectivity index (χ2n) is 9.63. The third-order valence-electron chi connectivity index (χ3n) is 6.18. The zero-order valence-electron chi connectivity index (χ0n) is 20.5. The van der Waals surface area contributed by atoms with Crippen molar-refractivity contribution in [1.82, 2.24) is 9.88 Å². The number of amides is 2. The molecular weight excluding hydrogens is 506 g/mol. The summed E-state index contributed by atoms with van der Waals surface area (Å²) in [6.07, 6.45) is 6.58. The highest BCUT2D eigenvalue weighted by molar-refractivity contribution is 8.01. The highest BCUT2D eigenvalue weighted by Crippen LogP contribution is 2.34. The molecule has 1 aromatic carbocycles. The van der Waals surface area contributed by atoms with Crippen LogP contribution in [0, 0.1) is 11.3 Å². The molecule has 3 rings (SSSR count). The monoisotopic (exact) mass is 539 g/mol. The van der Waals surface area contributed by atoms with E-state index in [2.05, 4.69) is 17.2 Å². The lowest BCUT2D eigenvalue weighted by Gasteiger charge is -2.36. The van der Waals surface area contributed by atoms with Gasteiger partial charge in [0.2, 0.25) is 0 Å². The van der Waals surface area contributed by atoms with E-state index >= 15 is 0 Å². The van der Waals surface area contributed by atoms with Crippen LogP contribution >= 0.6 is 34.7 Å². The van der Waals surface area contributed by atoms with Crippen molar-refractivity contribution in [2.24, 2.45) is 11.3 Å². The number of rotatable bonds is 11. The van der Waals surface area contributed by atoms with E-state index in [4.69, 9.17) is 16.3 Å². The first kappa shape index (κ1) is 27.6. The lowest BCUT2D eigenvalue weighted by Crippen LogP contribution is -2.45. The van der Waals surface area contributed by atoms with Crippen molar-refractivity contribution in [2.75, 3.05) is 24.2 Å². The van der Waals surface area contributed by atoms with Crippen molar-refractivity contribution in [1.29, 1.82) is 0 Å². The van der Waals surface area contributed by atoms with Crippen LogP contribution < -0.4 is 10.1 Å². The molecule has 0 radical (unpaired) electrons. The van der Waals surface area contributed by atoms with Gasteiger partial charge < -0.3 is 14.7 Å². The Hall–Kier alpha value is -1.97. The number of para-hydroxylation sites is 1. The Morgan fingerprint density at radius 3 is 2.69 bits per heavy atom. The first-order valence-electron chi connectivity index (χ1n) is 11.9. The number of aliphatic carboxylic acids is 1. The maximum Gasteiger partial charge on any atom is 0.323 e. The molecule has 0 saturated heterocycles. The van der Waals surface area contributed by atoms with Crippen molar-refractivity contribution in [2.45, 2.75) is 63.1 Å². The van der Waals surface area contributed by atoms with E-state index in [1.165, 1.54) is 23.1 Å². The molecule has 1 aliphatic carbocycles. The third kappa shape index (κ3) is 8.29. The predicted octanol–water partition coefficient (Wildman–Crippen LogP) is 6.88. The molecule has 0 atom stereocenters. The predicted molar refractivity (Wildman–Crippen MR) is 143 cm³/mol. The van der Waals surface area contributed by atoms with Crippen molar-refractivity contribution in [3.63, 3.8) is 0 Å². The van der Waals surface area contributed by atoms with Gasteiger partial charge in [0.05, 0.1) is 27.5 Å². The lowest BCUT2D eigenvalue weighted by atomic mass is 9.86. The quantitative estimate of drug-likeness (QED) is 0.239. The van der Waals surface area contributed by atoms with E-state index < -0.39 is 11.4 Å². The SMILES string of the molecule is CC1CCC(N(CCCOc2ccccc2Cl)C(=O)Nc2ncc(SCC(C)(C)C(=O)O)s2)CC1. The zero-order chi connectivity index (χ0) is 25.4. The van der Waals surface area contributed by atoms with Gasteiger partial charge in [-0.1, -0.05) is 42.0 Å². The number of anilines is 1. The number of urea groups is 1. The summed E-state index contributed by atoms with van der Waals surface area (Å²) in [6, 6.07) is 7.42. The summed E-state index contributed by atoms with van der Waals surface area (Å²) in [4.78, 5) is 30.9. The van der Waals surface area contributed by atoms with E-state index in [-0.39, 0.29) is 12.1 Å². The fraction of sp³-hybridized carbons (Fsp3) is 0.560. The number of thioether (sulfide) groups is 1. The molecule has 0 unspecified atom stereocenters. The first-order valence-corrected chi connectivity index (χ1v) is 14.1. The second kappa shape index (κ2) is 12.8. The molecule has 1 fully saturated rings. The van der Waals surface area contributed by atoms with E-state index in [9.17, 15) is 14.7 Å². The van der Waals surface area contributed by atoms with Gasteiger partial charge >= 0.3 is 12.0 Å². The molecule has 1 aromatic heterocycles. The van der Waals surface area contributed by atoms with Crippen LogP contribution in [0.4, 0.5) is 9.93 Å². The number of carboxylic acids is 1. The van der Waals surface area contributed by atoms with Gasteiger partial charge in [-0.3, -0.25) is 10.1 Å². The highest BCUT2D eigenvalue weighted by Gasteiger charge is 2.29. The number of carbonyl (C=O) groups is 2. The van der Waals surface area contributed by atoms with Gasteiger partial charge in [0, 0.05) is 18.3 Å². The first-order chi connectivity index (χ1) is 16.7. The number of aromatic nitrogens is 1. The van der Waals surface area contributed by atoms with Gasteiger partial charge in [-0.25, -0.2) is 9.78 Å². The van der Waals surface area contributed by atoms with Crippen LogP contribution in [0.2, 0.25) is 5.02 Å². The molecule has 0 spiro atoms. The number of carboxylic acid groups (broad SMARTS) is 1. The maximum atomic E-state index is 13.3. The van der Waals surface area contributed by atoms with Crippen LogP contribution in [0.3, 0.4) is 0 Å². The van der Waals surface area contributed by atoms with Crippen LogP contribution in [0.15, 0.2) is 34.7 Å². The molecular formula is C25H34ClN3O4S2. The molecule has 7 nitrogen and oxygen atoms in total. The van der Waals surface area contributed by atoms with Gasteiger partial charge in [-0.2, -0.15) is 0 Å². The summed E-state index contributed by atoms with van der Waals surface area (Å²) in [5, 5.41) is 13.4. The zero-order valence-corrected chi connectivity index (χ0v) is 22.8. The Morgan fingerprint density at radius 1 is 1.29 bits per heavy atom. The standard InChI is InChI=1S/C25H34ClN3O4S2/c1-17-9-11-18(12-10-17)29(13-6-14-33-20-8-5-4-7-19(20)26)24(32)28-23-27-15-21(35-23)34-16-25(2,3)22(30)31/h4-5,7-8,15,17-18H,6,9-14,16H2,1-3H3,(H,30,31)(H,27,28,32). The minimum absolute atomic E-state index is 0.154. The number of nitrogens with one attached hydrogen (secondary N) is 1. The molecule has 2 amide bonds. The minimum atomic E-state index is -0.834. The van der Waals surface area contributed by atoms with E-state index in [1.807, 2.05) is 23.1 Å². The summed E-state index contributed by atoms with van der Waals surface area (Å²) in [5.41, 5.74) is -0.834. The fourth-order valence-electron chi connectivity index (χ4n) is 3.84. The Morgan fingerprint density at radius 2 is 2.00 bits per heavy atom. The van der Waals surface area contributed by atoms with Crippen LogP contribution in [0.5, 0.6) is 5.75 Å². The smallest absolute Gasteiger partial charge is 0.323 e. The molecule has 0 bridgehead atoms. The van der Waals surface area contributed by atoms with Crippen molar-refractivity contribution >= 4 is 51.8 Å². The maximum absolute atomic E-state index is 13.3. The fourth-order valence-corrected chi connectivity index (χ4v) is 5.98. The van der Waals surface area contributed by atoms with Crippen LogP contribution in [0.25, 0.3) is 0 Å². The number of hydrogen-bond donors (Lipinski definition) is 2. The van der Waals surface area contributed by atoms with Crippen LogP contribution in [-0.4, -0.2) is 51.9 Å². The molecule has 1 heterocycles. The number of hydrogen-bond acceptors (Lipinski definition) is 6. The molecule has 0 aliphatic heterocycles. The second-order valence-corrected chi connectivity index (χ2v) is 12.3. The summed E-state index contributed by atoms with van der Waals surface area (Å²) >= 11 is 8.98. The van der Waals surface area contributed by atoms with Crippen LogP contribution in [0.1, 0.15) is 52.9 Å². The molecule has 35 heavy (non-hydrogen) atoms. The number of nitrogens with zero attached hydrogens (tertiary/aromatic N) is 2. The van der Waals surface area contributed by atoms with Crippen molar-refractivity contribution in [3.8, 4) is 5.75 Å². The van der Waals surface area contributed by atoms with Crippen molar-refractivity contribution in [3.05, 3.63) is 35.5 Å². The summed E-state index contributed by atoms with van der Waals surface area (Å²) in [7, 11) is 0. The number of benzene rings is 1. The third-order valence-corrected chi connectivity index (χ3v) is 9.06. The topological polar surface area (TPSA) is 91.8 Å².